The SMILES string of the molecule is Cc1ccc(NC(=O)C(C)Sc2ccc(NC(=S)Nc3ccccc3)cc2)c(C)c1. The Hall–Kier alpha value is -2.83. The molecule has 0 bridgehead atoms. The molecule has 0 aromatic heterocycles. The second kappa shape index (κ2) is 10.3. The third-order valence-electron chi connectivity index (χ3n) is 4.47. The lowest BCUT2D eigenvalue weighted by atomic mass is 10.1. The van der Waals surface area contributed by atoms with Crippen molar-refractivity contribution in [1.29, 1.82) is 0 Å². The van der Waals surface area contributed by atoms with Crippen LogP contribution in [-0.4, -0.2) is 16.3 Å². The minimum atomic E-state index is -0.217. The molecule has 0 fully saturated rings. The van der Waals surface area contributed by atoms with Crippen LogP contribution in [-0.2, 0) is 4.79 Å². The Labute approximate surface area is 187 Å². The number of amides is 1. The monoisotopic (exact) mass is 435 g/mol. The number of para-hydroxylation sites is 1. The maximum atomic E-state index is 12.6. The third kappa shape index (κ3) is 6.34. The summed E-state index contributed by atoms with van der Waals surface area (Å²) in [7, 11) is 0. The van der Waals surface area contributed by atoms with Gasteiger partial charge in [0.25, 0.3) is 0 Å². The van der Waals surface area contributed by atoms with Crippen LogP contribution in [0.1, 0.15) is 18.1 Å². The van der Waals surface area contributed by atoms with Crippen LogP contribution < -0.4 is 16.0 Å². The van der Waals surface area contributed by atoms with E-state index < -0.39 is 0 Å². The van der Waals surface area contributed by atoms with E-state index in [1.165, 1.54) is 17.3 Å². The van der Waals surface area contributed by atoms with E-state index in [1.54, 1.807) is 0 Å². The van der Waals surface area contributed by atoms with Gasteiger partial charge in [0.05, 0.1) is 5.25 Å². The summed E-state index contributed by atoms with van der Waals surface area (Å²) in [6, 6.07) is 23.7. The molecule has 3 aromatic rings. The summed E-state index contributed by atoms with van der Waals surface area (Å²) in [5.74, 6) is -0.0117. The van der Waals surface area contributed by atoms with Crippen LogP contribution in [0.15, 0.2) is 77.7 Å². The summed E-state index contributed by atoms with van der Waals surface area (Å²) in [6.45, 7) is 5.96. The molecule has 3 N–H and O–H groups in total. The molecular formula is C24H25N3OS2. The van der Waals surface area contributed by atoms with E-state index in [0.29, 0.717) is 5.11 Å². The molecule has 30 heavy (non-hydrogen) atoms. The van der Waals surface area contributed by atoms with E-state index in [1.807, 2.05) is 87.5 Å². The first kappa shape index (κ1) is 21.9. The number of carbonyl (C=O) groups is 1. The molecule has 0 aliphatic heterocycles. The van der Waals surface area contributed by atoms with Gasteiger partial charge in [0.15, 0.2) is 5.11 Å². The average molecular weight is 436 g/mol. The van der Waals surface area contributed by atoms with Gasteiger partial charge in [-0.2, -0.15) is 0 Å². The van der Waals surface area contributed by atoms with Crippen molar-refractivity contribution >= 4 is 52.1 Å². The number of benzene rings is 3. The quantitative estimate of drug-likeness (QED) is 0.316. The molecule has 0 saturated carbocycles. The lowest BCUT2D eigenvalue weighted by Crippen LogP contribution is -2.22. The fourth-order valence-corrected chi connectivity index (χ4v) is 3.98. The smallest absolute Gasteiger partial charge is 0.237 e. The number of nitrogens with one attached hydrogen (secondary N) is 3. The molecule has 0 spiro atoms. The highest BCUT2D eigenvalue weighted by molar-refractivity contribution is 8.00. The van der Waals surface area contributed by atoms with Crippen LogP contribution in [0.25, 0.3) is 0 Å². The Morgan fingerprint density at radius 2 is 1.50 bits per heavy atom. The first-order valence-corrected chi connectivity index (χ1v) is 11.0. The normalized spacial score (nSPS) is 11.4. The van der Waals surface area contributed by atoms with Crippen molar-refractivity contribution in [2.24, 2.45) is 0 Å². The number of aryl methyl sites for hydroxylation is 2. The van der Waals surface area contributed by atoms with Crippen LogP contribution in [0.5, 0.6) is 0 Å². The van der Waals surface area contributed by atoms with Crippen molar-refractivity contribution in [2.75, 3.05) is 16.0 Å². The van der Waals surface area contributed by atoms with Crippen molar-refractivity contribution < 1.29 is 4.79 Å². The second-order valence-electron chi connectivity index (χ2n) is 7.04. The number of rotatable bonds is 6. The number of thioether (sulfide) groups is 1. The topological polar surface area (TPSA) is 53.2 Å². The van der Waals surface area contributed by atoms with Crippen molar-refractivity contribution in [3.63, 3.8) is 0 Å². The van der Waals surface area contributed by atoms with Gasteiger partial charge in [-0.3, -0.25) is 4.79 Å². The molecule has 1 unspecified atom stereocenters. The number of hydrogen-bond acceptors (Lipinski definition) is 3. The van der Waals surface area contributed by atoms with E-state index >= 15 is 0 Å². The van der Waals surface area contributed by atoms with Gasteiger partial charge in [0, 0.05) is 22.0 Å². The van der Waals surface area contributed by atoms with Crippen LogP contribution in [0.2, 0.25) is 0 Å². The molecule has 0 aliphatic carbocycles. The summed E-state index contributed by atoms with van der Waals surface area (Å²) in [5, 5.41) is 9.65. The van der Waals surface area contributed by atoms with E-state index in [4.69, 9.17) is 12.2 Å². The molecule has 6 heteroatoms. The van der Waals surface area contributed by atoms with E-state index in [2.05, 4.69) is 22.0 Å². The van der Waals surface area contributed by atoms with Gasteiger partial charge in [0.2, 0.25) is 5.91 Å². The molecule has 0 heterocycles. The van der Waals surface area contributed by atoms with Gasteiger partial charge < -0.3 is 16.0 Å². The maximum absolute atomic E-state index is 12.6. The molecule has 3 aromatic carbocycles. The van der Waals surface area contributed by atoms with Crippen molar-refractivity contribution in [2.45, 2.75) is 30.9 Å². The lowest BCUT2D eigenvalue weighted by molar-refractivity contribution is -0.115. The molecule has 0 radical (unpaired) electrons. The Morgan fingerprint density at radius 1 is 0.867 bits per heavy atom. The van der Waals surface area contributed by atoms with Gasteiger partial charge in [-0.05, 0) is 81.0 Å². The lowest BCUT2D eigenvalue weighted by Gasteiger charge is -2.14. The highest BCUT2D eigenvalue weighted by Crippen LogP contribution is 2.26. The van der Waals surface area contributed by atoms with Gasteiger partial charge in [-0.25, -0.2) is 0 Å². The molecular weight excluding hydrogens is 410 g/mol. The predicted molar refractivity (Wildman–Crippen MR) is 133 cm³/mol. The standard InChI is InChI=1S/C24H25N3OS2/c1-16-9-14-22(17(2)15-16)27-23(28)18(3)30-21-12-10-20(11-13-21)26-24(29)25-19-7-5-4-6-8-19/h4-15,18H,1-3H3,(H,27,28)(H2,25,26,29). The molecule has 1 amide bonds. The minimum Gasteiger partial charge on any atom is -0.332 e. The zero-order chi connectivity index (χ0) is 21.5. The van der Waals surface area contributed by atoms with Gasteiger partial charge in [-0.1, -0.05) is 35.9 Å². The van der Waals surface area contributed by atoms with E-state index in [0.717, 1.165) is 27.5 Å². The Balaban J connectivity index is 1.53. The largest absolute Gasteiger partial charge is 0.332 e. The molecule has 154 valence electrons. The summed E-state index contributed by atoms with van der Waals surface area (Å²) in [6.07, 6.45) is 0. The zero-order valence-electron chi connectivity index (χ0n) is 17.2. The van der Waals surface area contributed by atoms with Gasteiger partial charge >= 0.3 is 0 Å². The fourth-order valence-electron chi connectivity index (χ4n) is 2.88. The highest BCUT2D eigenvalue weighted by Gasteiger charge is 2.15. The fraction of sp³-hybridized carbons (Fsp3) is 0.167. The molecule has 1 atom stereocenters. The summed E-state index contributed by atoms with van der Waals surface area (Å²) in [5.41, 5.74) is 4.93. The van der Waals surface area contributed by atoms with Gasteiger partial charge in [-0.15, -0.1) is 11.8 Å². The summed E-state index contributed by atoms with van der Waals surface area (Å²) < 4.78 is 0. The first-order chi connectivity index (χ1) is 14.4. The zero-order valence-corrected chi connectivity index (χ0v) is 18.9. The van der Waals surface area contributed by atoms with Gasteiger partial charge in [0.1, 0.15) is 0 Å². The Bertz CT molecular complexity index is 1020. The van der Waals surface area contributed by atoms with Crippen LogP contribution in [0, 0.1) is 13.8 Å². The molecule has 0 saturated heterocycles. The number of carbonyl (C=O) groups excluding carboxylic acids is 1. The van der Waals surface area contributed by atoms with Crippen LogP contribution >= 0.6 is 24.0 Å². The number of thiocarbonyl (C=S) groups is 1. The Kier molecular flexibility index (Phi) is 7.49. The summed E-state index contributed by atoms with van der Waals surface area (Å²) >= 11 is 6.88. The molecule has 3 rings (SSSR count). The molecule has 0 aliphatic rings. The average Bonchev–Trinajstić information content (AvgIpc) is 2.72. The van der Waals surface area contributed by atoms with Crippen LogP contribution in [0.3, 0.4) is 0 Å². The summed E-state index contributed by atoms with van der Waals surface area (Å²) in [4.78, 5) is 13.6. The number of anilines is 3. The Morgan fingerprint density at radius 3 is 2.13 bits per heavy atom. The minimum absolute atomic E-state index is 0.0117. The van der Waals surface area contributed by atoms with Crippen molar-refractivity contribution in [3.8, 4) is 0 Å². The predicted octanol–water partition coefficient (Wildman–Crippen LogP) is 6.23. The highest BCUT2D eigenvalue weighted by atomic mass is 32.2. The first-order valence-electron chi connectivity index (χ1n) is 9.68. The molecule has 4 nitrogen and oxygen atoms in total. The van der Waals surface area contributed by atoms with Crippen LogP contribution in [0.4, 0.5) is 17.1 Å². The maximum Gasteiger partial charge on any atom is 0.237 e. The van der Waals surface area contributed by atoms with E-state index in [-0.39, 0.29) is 11.2 Å². The van der Waals surface area contributed by atoms with Crippen molar-refractivity contribution in [3.05, 3.63) is 83.9 Å². The van der Waals surface area contributed by atoms with E-state index in [9.17, 15) is 4.79 Å². The third-order valence-corrected chi connectivity index (χ3v) is 5.78. The second-order valence-corrected chi connectivity index (χ2v) is 8.86. The van der Waals surface area contributed by atoms with Crippen molar-refractivity contribution in [1.82, 2.24) is 0 Å². The number of hydrogen-bond donors (Lipinski definition) is 3.